The number of rotatable bonds is 4. The van der Waals surface area contributed by atoms with Crippen molar-refractivity contribution in [2.45, 2.75) is 6.92 Å². The van der Waals surface area contributed by atoms with Crippen molar-refractivity contribution < 1.29 is 9.53 Å². The number of nitrogens with zero attached hydrogens (tertiary/aromatic N) is 1. The quantitative estimate of drug-likeness (QED) is 0.482. The molecule has 0 fully saturated rings. The normalized spacial score (nSPS) is 8.93. The summed E-state index contributed by atoms with van der Waals surface area (Å²) >= 11 is 0. The Morgan fingerprint density at radius 2 is 2.00 bits per heavy atom. The fourth-order valence-corrected chi connectivity index (χ4v) is 1.04. The number of esters is 1. The van der Waals surface area contributed by atoms with Crippen LogP contribution in [0.5, 0.6) is 0 Å². The van der Waals surface area contributed by atoms with E-state index >= 15 is 0 Å². The predicted molar refractivity (Wildman–Crippen MR) is 61.9 cm³/mol. The van der Waals surface area contributed by atoms with Crippen LogP contribution in [-0.2, 0) is 9.53 Å². The average Bonchev–Trinajstić information content (AvgIpc) is 2.18. The van der Waals surface area contributed by atoms with Gasteiger partial charge >= 0.3 is 5.97 Å². The van der Waals surface area contributed by atoms with Crippen LogP contribution in [0.2, 0.25) is 0 Å². The van der Waals surface area contributed by atoms with Gasteiger partial charge in [-0.05, 0) is 12.1 Å². The number of anilines is 1. The Kier molecular flexibility index (Phi) is 6.49. The number of halogens is 1. The van der Waals surface area contributed by atoms with E-state index in [1.54, 1.807) is 5.01 Å². The third-order valence-electron chi connectivity index (χ3n) is 1.73. The highest BCUT2D eigenvalue weighted by atomic mass is 35.5. The number of hydrazine groups is 1. The number of carbonyl (C=O) groups is 1. The van der Waals surface area contributed by atoms with Crippen molar-refractivity contribution in [1.82, 2.24) is 0 Å². The van der Waals surface area contributed by atoms with Gasteiger partial charge in [-0.25, -0.2) is 5.84 Å². The van der Waals surface area contributed by atoms with Crippen molar-refractivity contribution in [1.29, 1.82) is 0 Å². The van der Waals surface area contributed by atoms with Crippen LogP contribution in [0, 0.1) is 0 Å². The molecule has 1 aromatic rings. The summed E-state index contributed by atoms with van der Waals surface area (Å²) in [7, 11) is 0. The molecule has 84 valence electrons. The van der Waals surface area contributed by atoms with Gasteiger partial charge in [0.05, 0.1) is 12.2 Å². The molecule has 1 aromatic carbocycles. The molecule has 1 rings (SSSR count). The fourth-order valence-electron chi connectivity index (χ4n) is 1.04. The number of hydrogen-bond donors (Lipinski definition) is 1. The molecule has 4 nitrogen and oxygen atoms in total. The van der Waals surface area contributed by atoms with Crippen LogP contribution < -0.4 is 10.9 Å². The van der Waals surface area contributed by atoms with Crippen molar-refractivity contribution in [3.8, 4) is 0 Å². The molecule has 0 saturated carbocycles. The molecule has 0 atom stereocenters. The Labute approximate surface area is 95.4 Å². The van der Waals surface area contributed by atoms with Crippen LogP contribution in [0.3, 0.4) is 0 Å². The first-order valence-corrected chi connectivity index (χ1v) is 4.41. The second-order valence-corrected chi connectivity index (χ2v) is 2.87. The monoisotopic (exact) mass is 230 g/mol. The molecule has 0 spiro atoms. The summed E-state index contributed by atoms with van der Waals surface area (Å²) in [5.74, 6) is 5.44. The first-order chi connectivity index (χ1) is 6.70. The number of nitrogens with two attached hydrogens (primary N) is 1. The fraction of sp³-hybridized carbons (Fsp3) is 0.300. The second kappa shape index (κ2) is 7.09. The first kappa shape index (κ1) is 13.7. The maximum absolute atomic E-state index is 10.5. The van der Waals surface area contributed by atoms with Gasteiger partial charge in [-0.1, -0.05) is 18.2 Å². The third kappa shape index (κ3) is 5.24. The lowest BCUT2D eigenvalue weighted by atomic mass is 10.3. The zero-order chi connectivity index (χ0) is 10.4. The molecule has 0 heterocycles. The zero-order valence-corrected chi connectivity index (χ0v) is 9.37. The van der Waals surface area contributed by atoms with E-state index in [-0.39, 0.29) is 18.4 Å². The smallest absolute Gasteiger partial charge is 0.302 e. The van der Waals surface area contributed by atoms with E-state index < -0.39 is 0 Å². The number of carbonyl (C=O) groups excluding carboxylic acids is 1. The van der Waals surface area contributed by atoms with Gasteiger partial charge in [0, 0.05) is 6.92 Å². The van der Waals surface area contributed by atoms with Gasteiger partial charge in [0.1, 0.15) is 6.61 Å². The molecular weight excluding hydrogens is 216 g/mol. The van der Waals surface area contributed by atoms with E-state index in [4.69, 9.17) is 10.6 Å². The number of benzene rings is 1. The van der Waals surface area contributed by atoms with E-state index in [1.165, 1.54) is 6.92 Å². The van der Waals surface area contributed by atoms with Crippen molar-refractivity contribution >= 4 is 24.1 Å². The van der Waals surface area contributed by atoms with Crippen LogP contribution in [0.25, 0.3) is 0 Å². The van der Waals surface area contributed by atoms with E-state index in [9.17, 15) is 4.79 Å². The molecule has 0 aliphatic carbocycles. The van der Waals surface area contributed by atoms with E-state index in [0.717, 1.165) is 5.69 Å². The molecule has 0 aliphatic heterocycles. The Hall–Kier alpha value is -1.26. The van der Waals surface area contributed by atoms with Gasteiger partial charge in [0.25, 0.3) is 0 Å². The van der Waals surface area contributed by atoms with Crippen molar-refractivity contribution in [2.24, 2.45) is 5.84 Å². The molecule has 0 unspecified atom stereocenters. The molecule has 15 heavy (non-hydrogen) atoms. The zero-order valence-electron chi connectivity index (χ0n) is 8.55. The van der Waals surface area contributed by atoms with Crippen LogP contribution in [0.1, 0.15) is 6.92 Å². The average molecular weight is 231 g/mol. The highest BCUT2D eigenvalue weighted by molar-refractivity contribution is 5.85. The number of ether oxygens (including phenoxy) is 1. The first-order valence-electron chi connectivity index (χ1n) is 4.41. The molecule has 0 radical (unpaired) electrons. The van der Waals surface area contributed by atoms with Gasteiger partial charge in [-0.15, -0.1) is 12.4 Å². The Bertz CT molecular complexity index is 293. The highest BCUT2D eigenvalue weighted by Crippen LogP contribution is 2.08. The van der Waals surface area contributed by atoms with E-state index in [1.807, 2.05) is 30.3 Å². The minimum absolute atomic E-state index is 0. The maximum Gasteiger partial charge on any atom is 0.302 e. The van der Waals surface area contributed by atoms with Crippen molar-refractivity contribution in [3.05, 3.63) is 30.3 Å². The lowest BCUT2D eigenvalue weighted by Crippen LogP contribution is -2.34. The minimum Gasteiger partial charge on any atom is -0.464 e. The van der Waals surface area contributed by atoms with Crippen LogP contribution >= 0.6 is 12.4 Å². The number of hydrogen-bond acceptors (Lipinski definition) is 4. The van der Waals surface area contributed by atoms with Gasteiger partial charge in [0.15, 0.2) is 0 Å². The van der Waals surface area contributed by atoms with E-state index in [0.29, 0.717) is 13.2 Å². The molecule has 0 bridgehead atoms. The largest absolute Gasteiger partial charge is 0.464 e. The lowest BCUT2D eigenvalue weighted by molar-refractivity contribution is -0.140. The molecular formula is C10H15ClN2O2. The van der Waals surface area contributed by atoms with Crippen LogP contribution in [-0.4, -0.2) is 19.1 Å². The van der Waals surface area contributed by atoms with Gasteiger partial charge in [-0.2, -0.15) is 0 Å². The summed E-state index contributed by atoms with van der Waals surface area (Å²) in [6.07, 6.45) is 0. The number of para-hydroxylation sites is 1. The summed E-state index contributed by atoms with van der Waals surface area (Å²) in [6.45, 7) is 2.17. The Balaban J connectivity index is 0.00000196. The van der Waals surface area contributed by atoms with Gasteiger partial charge in [0.2, 0.25) is 0 Å². The van der Waals surface area contributed by atoms with Crippen LogP contribution in [0.15, 0.2) is 30.3 Å². The topological polar surface area (TPSA) is 55.6 Å². The SMILES string of the molecule is CC(=O)OCCN(N)c1ccccc1.Cl. The molecule has 0 saturated heterocycles. The highest BCUT2D eigenvalue weighted by Gasteiger charge is 2.00. The van der Waals surface area contributed by atoms with Gasteiger partial charge < -0.3 is 9.75 Å². The van der Waals surface area contributed by atoms with Crippen molar-refractivity contribution in [3.63, 3.8) is 0 Å². The molecule has 0 aliphatic rings. The standard InChI is InChI=1S/C10H14N2O2.ClH/c1-9(13)14-8-7-12(11)10-5-3-2-4-6-10;/h2-6H,7-8,11H2,1H3;1H. The lowest BCUT2D eigenvalue weighted by Gasteiger charge is -2.17. The summed E-state index contributed by atoms with van der Waals surface area (Å²) in [6, 6.07) is 9.52. The molecule has 5 heteroatoms. The van der Waals surface area contributed by atoms with E-state index in [2.05, 4.69) is 0 Å². The summed E-state index contributed by atoms with van der Waals surface area (Å²) in [4.78, 5) is 10.5. The van der Waals surface area contributed by atoms with Gasteiger partial charge in [-0.3, -0.25) is 4.79 Å². The molecule has 0 aromatic heterocycles. The predicted octanol–water partition coefficient (Wildman–Crippen LogP) is 1.35. The second-order valence-electron chi connectivity index (χ2n) is 2.87. The third-order valence-corrected chi connectivity index (χ3v) is 1.73. The maximum atomic E-state index is 10.5. The Morgan fingerprint density at radius 1 is 1.40 bits per heavy atom. The molecule has 0 amide bonds. The van der Waals surface area contributed by atoms with Crippen molar-refractivity contribution in [2.75, 3.05) is 18.2 Å². The summed E-state index contributed by atoms with van der Waals surface area (Å²) in [5.41, 5.74) is 0.902. The minimum atomic E-state index is -0.286. The Morgan fingerprint density at radius 3 is 2.53 bits per heavy atom. The summed E-state index contributed by atoms with van der Waals surface area (Å²) < 4.78 is 4.77. The summed E-state index contributed by atoms with van der Waals surface area (Å²) in [5, 5.41) is 1.54. The molecule has 2 N–H and O–H groups in total. The van der Waals surface area contributed by atoms with Crippen LogP contribution in [0.4, 0.5) is 5.69 Å².